The second kappa shape index (κ2) is 6.28. The third-order valence-corrected chi connectivity index (χ3v) is 4.02. The van der Waals surface area contributed by atoms with Crippen LogP contribution >= 0.6 is 11.8 Å². The summed E-state index contributed by atoms with van der Waals surface area (Å²) in [6.45, 7) is 0.575. The van der Waals surface area contributed by atoms with E-state index >= 15 is 0 Å². The molecule has 1 heterocycles. The van der Waals surface area contributed by atoms with Gasteiger partial charge in [-0.25, -0.2) is 0 Å². The summed E-state index contributed by atoms with van der Waals surface area (Å²) in [5.74, 6) is 2.36. The highest BCUT2D eigenvalue weighted by Crippen LogP contribution is 2.38. The van der Waals surface area contributed by atoms with Gasteiger partial charge in [0.15, 0.2) is 11.0 Å². The molecule has 0 saturated heterocycles. The van der Waals surface area contributed by atoms with Crippen LogP contribution in [-0.2, 0) is 6.61 Å². The first-order chi connectivity index (χ1) is 9.88. The summed E-state index contributed by atoms with van der Waals surface area (Å²) in [4.78, 5) is 0. The Balaban J connectivity index is 1.52. The van der Waals surface area contributed by atoms with Gasteiger partial charge in [-0.15, -0.1) is 10.2 Å². The molecule has 1 fully saturated rings. The van der Waals surface area contributed by atoms with Crippen molar-refractivity contribution in [3.05, 3.63) is 36.2 Å². The lowest BCUT2D eigenvalue weighted by atomic mass is 10.3. The highest BCUT2D eigenvalue weighted by Gasteiger charge is 2.29. The molecule has 6 heteroatoms. The first kappa shape index (κ1) is 13.5. The Labute approximate surface area is 122 Å². The van der Waals surface area contributed by atoms with Gasteiger partial charge in [-0.3, -0.25) is 0 Å². The normalized spacial score (nSPS) is 14.4. The monoisotopic (exact) mass is 291 g/mol. The molecule has 1 aromatic heterocycles. The molecule has 0 aliphatic heterocycles. The maximum atomic E-state index is 9.27. The smallest absolute Gasteiger partial charge is 0.191 e. The van der Waals surface area contributed by atoms with Crippen LogP contribution < -0.4 is 4.74 Å². The fourth-order valence-electron chi connectivity index (χ4n) is 2.02. The van der Waals surface area contributed by atoms with Gasteiger partial charge in [-0.1, -0.05) is 30.0 Å². The molecule has 0 radical (unpaired) electrons. The van der Waals surface area contributed by atoms with E-state index in [4.69, 9.17) is 4.74 Å². The predicted molar refractivity (Wildman–Crippen MR) is 76.9 cm³/mol. The summed E-state index contributed by atoms with van der Waals surface area (Å²) < 4.78 is 7.71. The van der Waals surface area contributed by atoms with Crippen molar-refractivity contribution in [2.24, 2.45) is 0 Å². The molecule has 2 aromatic rings. The van der Waals surface area contributed by atoms with E-state index in [1.807, 2.05) is 30.3 Å². The van der Waals surface area contributed by atoms with Crippen molar-refractivity contribution in [2.45, 2.75) is 30.6 Å². The van der Waals surface area contributed by atoms with Gasteiger partial charge in [0.25, 0.3) is 0 Å². The topological polar surface area (TPSA) is 60.2 Å². The molecular formula is C14H17N3O2S. The molecule has 5 nitrogen and oxygen atoms in total. The quantitative estimate of drug-likeness (QED) is 0.626. The van der Waals surface area contributed by atoms with Crippen LogP contribution in [0.4, 0.5) is 0 Å². The van der Waals surface area contributed by atoms with Crippen LogP contribution in [0.15, 0.2) is 35.5 Å². The summed E-state index contributed by atoms with van der Waals surface area (Å²) >= 11 is 1.62. The molecule has 1 N–H and O–H groups in total. The van der Waals surface area contributed by atoms with Gasteiger partial charge < -0.3 is 14.4 Å². The van der Waals surface area contributed by atoms with E-state index in [0.29, 0.717) is 18.5 Å². The van der Waals surface area contributed by atoms with E-state index in [1.165, 1.54) is 0 Å². The second-order valence-electron chi connectivity index (χ2n) is 4.67. The zero-order chi connectivity index (χ0) is 13.8. The molecule has 1 saturated carbocycles. The van der Waals surface area contributed by atoms with Gasteiger partial charge in [-0.05, 0) is 25.0 Å². The maximum Gasteiger partial charge on any atom is 0.191 e. The van der Waals surface area contributed by atoms with E-state index in [9.17, 15) is 5.11 Å². The Morgan fingerprint density at radius 1 is 1.25 bits per heavy atom. The molecule has 0 amide bonds. The van der Waals surface area contributed by atoms with E-state index in [-0.39, 0.29) is 6.61 Å². The van der Waals surface area contributed by atoms with Crippen molar-refractivity contribution < 1.29 is 9.84 Å². The molecule has 0 spiro atoms. The van der Waals surface area contributed by atoms with Crippen LogP contribution in [0, 0.1) is 0 Å². The Kier molecular flexibility index (Phi) is 4.22. The Hall–Kier alpha value is -1.53. The third-order valence-electron chi connectivity index (χ3n) is 3.12. The van der Waals surface area contributed by atoms with Crippen LogP contribution in [0.5, 0.6) is 5.75 Å². The van der Waals surface area contributed by atoms with E-state index in [1.54, 1.807) is 11.8 Å². The van der Waals surface area contributed by atoms with Gasteiger partial charge >= 0.3 is 0 Å². The lowest BCUT2D eigenvalue weighted by Gasteiger charge is -2.08. The van der Waals surface area contributed by atoms with Crippen LogP contribution in [-0.4, -0.2) is 32.2 Å². The van der Waals surface area contributed by atoms with Gasteiger partial charge in [-0.2, -0.15) is 0 Å². The minimum Gasteiger partial charge on any atom is -0.493 e. The highest BCUT2D eigenvalue weighted by atomic mass is 32.2. The molecular weight excluding hydrogens is 274 g/mol. The Morgan fingerprint density at radius 3 is 2.75 bits per heavy atom. The van der Waals surface area contributed by atoms with Crippen molar-refractivity contribution in [3.8, 4) is 5.75 Å². The molecule has 106 valence electrons. The number of nitrogens with zero attached hydrogens (tertiary/aromatic N) is 3. The van der Waals surface area contributed by atoms with E-state index in [2.05, 4.69) is 14.8 Å². The summed E-state index contributed by atoms with van der Waals surface area (Å²) in [6.07, 6.45) is 2.30. The predicted octanol–water partition coefficient (Wildman–Crippen LogP) is 2.28. The number of hydrogen-bond acceptors (Lipinski definition) is 5. The molecule has 1 aliphatic carbocycles. The maximum absolute atomic E-state index is 9.27. The average molecular weight is 291 g/mol. The first-order valence-electron chi connectivity index (χ1n) is 6.74. The van der Waals surface area contributed by atoms with Crippen molar-refractivity contribution >= 4 is 11.8 Å². The number of aromatic nitrogens is 3. The molecule has 3 rings (SSSR count). The van der Waals surface area contributed by atoms with Crippen LogP contribution in [0.3, 0.4) is 0 Å². The Morgan fingerprint density at radius 2 is 2.05 bits per heavy atom. The molecule has 0 bridgehead atoms. The second-order valence-corrected chi connectivity index (χ2v) is 5.73. The number of thioether (sulfide) groups is 1. The SMILES string of the molecule is OCc1nnc(SCCOc2ccccc2)n1C1CC1. The minimum absolute atomic E-state index is 0.0510. The molecule has 20 heavy (non-hydrogen) atoms. The summed E-state index contributed by atoms with van der Waals surface area (Å²) in [5.41, 5.74) is 0. The minimum atomic E-state index is -0.0510. The van der Waals surface area contributed by atoms with Crippen molar-refractivity contribution in [2.75, 3.05) is 12.4 Å². The summed E-state index contributed by atoms with van der Waals surface area (Å²) in [7, 11) is 0. The van der Waals surface area contributed by atoms with Crippen molar-refractivity contribution in [1.29, 1.82) is 0 Å². The molecule has 1 aliphatic rings. The molecule has 0 unspecified atom stereocenters. The van der Waals surface area contributed by atoms with Crippen LogP contribution in [0.1, 0.15) is 24.7 Å². The number of rotatable bonds is 7. The van der Waals surface area contributed by atoms with Gasteiger partial charge in [0, 0.05) is 11.8 Å². The first-order valence-corrected chi connectivity index (χ1v) is 7.72. The van der Waals surface area contributed by atoms with Gasteiger partial charge in [0.2, 0.25) is 0 Å². The number of aliphatic hydroxyl groups excluding tert-OH is 1. The van der Waals surface area contributed by atoms with Crippen molar-refractivity contribution in [3.63, 3.8) is 0 Å². The summed E-state index contributed by atoms with van der Waals surface area (Å²) in [6, 6.07) is 10.3. The fraction of sp³-hybridized carbons (Fsp3) is 0.429. The number of ether oxygens (including phenoxy) is 1. The van der Waals surface area contributed by atoms with E-state index < -0.39 is 0 Å². The average Bonchev–Trinajstić information content (AvgIpc) is 3.25. The Bertz CT molecular complexity index is 555. The third kappa shape index (κ3) is 3.13. The van der Waals surface area contributed by atoms with Crippen molar-refractivity contribution in [1.82, 2.24) is 14.8 Å². The lowest BCUT2D eigenvalue weighted by Crippen LogP contribution is -2.05. The van der Waals surface area contributed by atoms with Gasteiger partial charge in [0.05, 0.1) is 6.61 Å². The zero-order valence-corrected chi connectivity index (χ0v) is 11.9. The number of aliphatic hydroxyl groups is 1. The van der Waals surface area contributed by atoms with E-state index in [0.717, 1.165) is 29.5 Å². The zero-order valence-electron chi connectivity index (χ0n) is 11.1. The molecule has 0 atom stereocenters. The standard InChI is InChI=1S/C14H17N3O2S/c18-10-13-15-16-14(17(13)11-6-7-11)20-9-8-19-12-4-2-1-3-5-12/h1-5,11,18H,6-10H2. The largest absolute Gasteiger partial charge is 0.493 e. The lowest BCUT2D eigenvalue weighted by molar-refractivity contribution is 0.263. The van der Waals surface area contributed by atoms with Crippen LogP contribution in [0.2, 0.25) is 0 Å². The fourth-order valence-corrected chi connectivity index (χ4v) is 2.86. The van der Waals surface area contributed by atoms with Gasteiger partial charge in [0.1, 0.15) is 12.4 Å². The number of hydrogen-bond donors (Lipinski definition) is 1. The number of benzene rings is 1. The van der Waals surface area contributed by atoms with Crippen LogP contribution in [0.25, 0.3) is 0 Å². The number of para-hydroxylation sites is 1. The highest BCUT2D eigenvalue weighted by molar-refractivity contribution is 7.99. The summed E-state index contributed by atoms with van der Waals surface area (Å²) in [5, 5.41) is 18.3. The molecule has 1 aromatic carbocycles.